The molecule has 2 aromatic rings. The number of nitrogens with zero attached hydrogens (tertiary/aromatic N) is 1. The van der Waals surface area contributed by atoms with Gasteiger partial charge < -0.3 is 20.1 Å². The lowest BCUT2D eigenvalue weighted by molar-refractivity contribution is 0.237. The third-order valence-corrected chi connectivity index (χ3v) is 3.43. The van der Waals surface area contributed by atoms with Gasteiger partial charge in [0.1, 0.15) is 11.5 Å². The van der Waals surface area contributed by atoms with E-state index in [0.29, 0.717) is 18.0 Å². The summed E-state index contributed by atoms with van der Waals surface area (Å²) in [6.45, 7) is 2.31. The maximum Gasteiger partial charge on any atom is 0.315 e. The average molecular weight is 315 g/mol. The smallest absolute Gasteiger partial charge is 0.315 e. The number of carbonyl (C=O) groups excluding carboxylic acids is 1. The molecule has 0 bridgehead atoms. The summed E-state index contributed by atoms with van der Waals surface area (Å²) >= 11 is 0. The summed E-state index contributed by atoms with van der Waals surface area (Å²) in [5, 5.41) is 5.69. The number of carbonyl (C=O) groups is 1. The number of hydrogen-bond donors (Lipinski definition) is 2. The Morgan fingerprint density at radius 1 is 1.26 bits per heavy atom. The Kier molecular flexibility index (Phi) is 5.80. The van der Waals surface area contributed by atoms with Crippen LogP contribution in [0.1, 0.15) is 24.1 Å². The molecule has 0 aliphatic carbocycles. The zero-order chi connectivity index (χ0) is 16.7. The van der Waals surface area contributed by atoms with E-state index in [9.17, 15) is 4.79 Å². The van der Waals surface area contributed by atoms with Crippen LogP contribution in [0.2, 0.25) is 0 Å². The summed E-state index contributed by atoms with van der Waals surface area (Å²) in [4.78, 5) is 16.1. The summed E-state index contributed by atoms with van der Waals surface area (Å²) in [5.41, 5.74) is 1.79. The molecule has 0 spiro atoms. The van der Waals surface area contributed by atoms with Crippen molar-refractivity contribution >= 4 is 6.03 Å². The second kappa shape index (κ2) is 8.03. The molecule has 2 rings (SSSR count). The molecular formula is C17H21N3O3. The van der Waals surface area contributed by atoms with Gasteiger partial charge in [0.05, 0.1) is 20.3 Å². The largest absolute Gasteiger partial charge is 0.497 e. The lowest BCUT2D eigenvalue weighted by Gasteiger charge is -2.18. The molecule has 1 aromatic heterocycles. The highest BCUT2D eigenvalue weighted by Crippen LogP contribution is 2.29. The van der Waals surface area contributed by atoms with Crippen LogP contribution in [0.5, 0.6) is 11.5 Å². The van der Waals surface area contributed by atoms with Crippen molar-refractivity contribution in [3.63, 3.8) is 0 Å². The van der Waals surface area contributed by atoms with Crippen LogP contribution < -0.4 is 20.1 Å². The maximum absolute atomic E-state index is 12.0. The summed E-state index contributed by atoms with van der Waals surface area (Å²) in [7, 11) is 3.20. The molecule has 0 aliphatic rings. The minimum Gasteiger partial charge on any atom is -0.497 e. The number of amides is 2. The van der Waals surface area contributed by atoms with Crippen LogP contribution in [0.25, 0.3) is 0 Å². The SMILES string of the molecule is COc1ccc(OC)c(C(C)NC(=O)NCc2cccnc2)c1. The molecule has 0 saturated carbocycles. The molecule has 2 amide bonds. The van der Waals surface area contributed by atoms with E-state index in [4.69, 9.17) is 9.47 Å². The molecule has 0 radical (unpaired) electrons. The molecule has 1 heterocycles. The number of hydrogen-bond acceptors (Lipinski definition) is 4. The lowest BCUT2D eigenvalue weighted by atomic mass is 10.1. The second-order valence-corrected chi connectivity index (χ2v) is 5.02. The third kappa shape index (κ3) is 4.60. The third-order valence-electron chi connectivity index (χ3n) is 3.43. The molecule has 6 nitrogen and oxygen atoms in total. The van der Waals surface area contributed by atoms with Gasteiger partial charge in [0.2, 0.25) is 0 Å². The first-order valence-electron chi connectivity index (χ1n) is 7.29. The van der Waals surface area contributed by atoms with Crippen LogP contribution in [0.15, 0.2) is 42.7 Å². The highest BCUT2D eigenvalue weighted by molar-refractivity contribution is 5.74. The van der Waals surface area contributed by atoms with E-state index in [0.717, 1.165) is 11.1 Å². The summed E-state index contributed by atoms with van der Waals surface area (Å²) in [6.07, 6.45) is 3.41. The first-order chi connectivity index (χ1) is 11.1. The molecule has 0 saturated heterocycles. The topological polar surface area (TPSA) is 72.5 Å². The zero-order valence-corrected chi connectivity index (χ0v) is 13.5. The van der Waals surface area contributed by atoms with E-state index in [1.807, 2.05) is 37.3 Å². The summed E-state index contributed by atoms with van der Waals surface area (Å²) in [6, 6.07) is 8.74. The van der Waals surface area contributed by atoms with Crippen molar-refractivity contribution in [2.75, 3.05) is 14.2 Å². The molecule has 23 heavy (non-hydrogen) atoms. The Morgan fingerprint density at radius 3 is 2.74 bits per heavy atom. The fourth-order valence-electron chi connectivity index (χ4n) is 2.19. The Morgan fingerprint density at radius 2 is 2.09 bits per heavy atom. The van der Waals surface area contributed by atoms with Gasteiger partial charge in [-0.05, 0) is 36.8 Å². The monoisotopic (exact) mass is 315 g/mol. The average Bonchev–Trinajstić information content (AvgIpc) is 2.60. The summed E-state index contributed by atoms with van der Waals surface area (Å²) in [5.74, 6) is 1.41. The number of nitrogens with one attached hydrogen (secondary N) is 2. The van der Waals surface area contributed by atoms with Crippen molar-refractivity contribution in [3.05, 3.63) is 53.9 Å². The van der Waals surface area contributed by atoms with Crippen molar-refractivity contribution in [2.24, 2.45) is 0 Å². The van der Waals surface area contributed by atoms with E-state index >= 15 is 0 Å². The Bertz CT molecular complexity index is 647. The van der Waals surface area contributed by atoms with Crippen molar-refractivity contribution in [1.29, 1.82) is 0 Å². The quantitative estimate of drug-likeness (QED) is 0.859. The standard InChI is InChI=1S/C17H21N3O3/c1-12(15-9-14(22-2)6-7-16(15)23-3)20-17(21)19-11-13-5-4-8-18-10-13/h4-10,12H,11H2,1-3H3,(H2,19,20,21). The van der Waals surface area contributed by atoms with Crippen molar-refractivity contribution in [1.82, 2.24) is 15.6 Å². The number of benzene rings is 1. The predicted octanol–water partition coefficient (Wildman–Crippen LogP) is 2.66. The van der Waals surface area contributed by atoms with E-state index in [2.05, 4.69) is 15.6 Å². The molecule has 1 aromatic carbocycles. The molecule has 0 aliphatic heterocycles. The number of rotatable bonds is 6. The van der Waals surface area contributed by atoms with E-state index < -0.39 is 0 Å². The van der Waals surface area contributed by atoms with Crippen LogP contribution in [-0.4, -0.2) is 25.2 Å². The number of pyridine rings is 1. The number of aromatic nitrogens is 1. The van der Waals surface area contributed by atoms with Gasteiger partial charge in [-0.3, -0.25) is 4.98 Å². The van der Waals surface area contributed by atoms with E-state index in [-0.39, 0.29) is 12.1 Å². The minimum atomic E-state index is -0.258. The normalized spacial score (nSPS) is 11.4. The van der Waals surface area contributed by atoms with Gasteiger partial charge in [0, 0.05) is 24.5 Å². The maximum atomic E-state index is 12.0. The molecule has 122 valence electrons. The highest BCUT2D eigenvalue weighted by Gasteiger charge is 2.15. The van der Waals surface area contributed by atoms with Gasteiger partial charge in [-0.15, -0.1) is 0 Å². The fourth-order valence-corrected chi connectivity index (χ4v) is 2.19. The molecule has 2 N–H and O–H groups in total. The van der Waals surface area contributed by atoms with Crippen molar-refractivity contribution < 1.29 is 14.3 Å². The second-order valence-electron chi connectivity index (χ2n) is 5.02. The van der Waals surface area contributed by atoms with E-state index in [1.165, 1.54) is 0 Å². The highest BCUT2D eigenvalue weighted by atomic mass is 16.5. The molecule has 1 unspecified atom stereocenters. The predicted molar refractivity (Wildman–Crippen MR) is 87.6 cm³/mol. The van der Waals surface area contributed by atoms with Crippen LogP contribution in [0.4, 0.5) is 4.79 Å². The first-order valence-corrected chi connectivity index (χ1v) is 7.29. The Balaban J connectivity index is 1.98. The van der Waals surface area contributed by atoms with Crippen LogP contribution in [0.3, 0.4) is 0 Å². The van der Waals surface area contributed by atoms with Crippen LogP contribution in [-0.2, 0) is 6.54 Å². The van der Waals surface area contributed by atoms with Gasteiger partial charge >= 0.3 is 6.03 Å². The Hall–Kier alpha value is -2.76. The van der Waals surface area contributed by atoms with Gasteiger partial charge in [-0.1, -0.05) is 6.07 Å². The fraction of sp³-hybridized carbons (Fsp3) is 0.294. The van der Waals surface area contributed by atoms with Crippen LogP contribution >= 0.6 is 0 Å². The van der Waals surface area contributed by atoms with Gasteiger partial charge in [-0.2, -0.15) is 0 Å². The van der Waals surface area contributed by atoms with Crippen molar-refractivity contribution in [2.45, 2.75) is 19.5 Å². The summed E-state index contributed by atoms with van der Waals surface area (Å²) < 4.78 is 10.6. The van der Waals surface area contributed by atoms with Crippen LogP contribution in [0, 0.1) is 0 Å². The number of methoxy groups -OCH3 is 2. The number of urea groups is 1. The molecule has 0 fully saturated rings. The van der Waals surface area contributed by atoms with Gasteiger partial charge in [0.25, 0.3) is 0 Å². The number of ether oxygens (including phenoxy) is 2. The Labute approximate surface area is 135 Å². The zero-order valence-electron chi connectivity index (χ0n) is 13.5. The molecule has 1 atom stereocenters. The molecule has 6 heteroatoms. The first kappa shape index (κ1) is 16.6. The van der Waals surface area contributed by atoms with E-state index in [1.54, 1.807) is 26.6 Å². The van der Waals surface area contributed by atoms with Crippen molar-refractivity contribution in [3.8, 4) is 11.5 Å². The minimum absolute atomic E-state index is 0.228. The lowest BCUT2D eigenvalue weighted by Crippen LogP contribution is -2.36. The molecular weight excluding hydrogens is 294 g/mol. The van der Waals surface area contributed by atoms with Gasteiger partial charge in [-0.25, -0.2) is 4.79 Å². The van der Waals surface area contributed by atoms with Gasteiger partial charge in [0.15, 0.2) is 0 Å².